The Kier molecular flexibility index (Phi) is 4.93. The molecule has 0 aromatic rings. The van der Waals surface area contributed by atoms with Gasteiger partial charge >= 0.3 is 0 Å². The predicted molar refractivity (Wildman–Crippen MR) is 60.1 cm³/mol. The van der Waals surface area contributed by atoms with Crippen LogP contribution >= 0.6 is 0 Å². The van der Waals surface area contributed by atoms with Crippen molar-refractivity contribution >= 4 is 0 Å². The average Bonchev–Trinajstić information content (AvgIpc) is 1.82. The van der Waals surface area contributed by atoms with E-state index in [1.165, 1.54) is 19.3 Å². The molecule has 1 aliphatic rings. The Bertz CT molecular complexity index is 125. The zero-order valence-corrected chi connectivity index (χ0v) is 10.1. The number of hydrogen-bond donors (Lipinski definition) is 2. The molecule has 0 aromatic heterocycles. The van der Waals surface area contributed by atoms with Crippen molar-refractivity contribution in [3.8, 4) is 0 Å². The van der Waals surface area contributed by atoms with Gasteiger partial charge in [0.25, 0.3) is 0 Å². The van der Waals surface area contributed by atoms with Crippen LogP contribution in [0.5, 0.6) is 0 Å². The van der Waals surface area contributed by atoms with Crippen LogP contribution in [0.15, 0.2) is 0 Å². The van der Waals surface area contributed by atoms with Crippen molar-refractivity contribution in [3.05, 3.63) is 0 Å². The second-order valence-electron chi connectivity index (χ2n) is 5.25. The van der Waals surface area contributed by atoms with Crippen molar-refractivity contribution in [1.29, 1.82) is 0 Å². The fourth-order valence-corrected chi connectivity index (χ4v) is 2.01. The van der Waals surface area contributed by atoms with Gasteiger partial charge < -0.3 is 10.6 Å². The molecule has 0 spiro atoms. The second-order valence-corrected chi connectivity index (χ2v) is 5.25. The van der Waals surface area contributed by atoms with Crippen LogP contribution in [0.25, 0.3) is 0 Å². The quantitative estimate of drug-likeness (QED) is 0.606. The fraction of sp³-hybridized carbons (Fsp3) is 1.00. The highest BCUT2D eigenvalue weighted by Gasteiger charge is 2.31. The molecule has 0 saturated carbocycles. The summed E-state index contributed by atoms with van der Waals surface area (Å²) < 4.78 is 0. The third kappa shape index (κ3) is 6.05. The van der Waals surface area contributed by atoms with Gasteiger partial charge in [-0.15, -0.1) is 0 Å². The Morgan fingerprint density at radius 1 is 0.923 bits per heavy atom. The molecule has 2 heteroatoms. The molecular weight excluding hydrogens is 160 g/mol. The van der Waals surface area contributed by atoms with E-state index < -0.39 is 0 Å². The van der Waals surface area contributed by atoms with Crippen LogP contribution in [0.1, 0.15) is 47.0 Å². The van der Waals surface area contributed by atoms with Gasteiger partial charge in [0.1, 0.15) is 0 Å². The Balaban J connectivity index is 0.000000424. The fourth-order valence-electron chi connectivity index (χ4n) is 2.01. The molecule has 2 N–H and O–H groups in total. The summed E-state index contributed by atoms with van der Waals surface area (Å²) >= 11 is 0. The van der Waals surface area contributed by atoms with E-state index >= 15 is 0 Å². The number of piperidine rings is 1. The number of rotatable bonds is 0. The molecule has 1 aliphatic heterocycles. The zero-order chi connectivity index (χ0) is 10.5. The van der Waals surface area contributed by atoms with E-state index in [1.807, 2.05) is 14.1 Å². The summed E-state index contributed by atoms with van der Waals surface area (Å²) in [6.07, 6.45) is 4.00. The van der Waals surface area contributed by atoms with Gasteiger partial charge in [0.15, 0.2) is 0 Å². The first-order valence-corrected chi connectivity index (χ1v) is 5.21. The van der Waals surface area contributed by atoms with Crippen LogP contribution in [0.4, 0.5) is 0 Å². The van der Waals surface area contributed by atoms with Crippen LogP contribution in [0, 0.1) is 0 Å². The highest BCUT2D eigenvalue weighted by molar-refractivity contribution is 4.92. The van der Waals surface area contributed by atoms with Gasteiger partial charge in [-0.2, -0.15) is 0 Å². The number of nitrogens with one attached hydrogen (secondary N) is 2. The summed E-state index contributed by atoms with van der Waals surface area (Å²) in [5, 5.41) is 6.38. The second kappa shape index (κ2) is 4.97. The molecule has 13 heavy (non-hydrogen) atoms. The minimum absolute atomic E-state index is 0.363. The Labute approximate surface area is 83.5 Å². The van der Waals surface area contributed by atoms with Gasteiger partial charge in [-0.1, -0.05) is 0 Å². The molecule has 0 amide bonds. The molecular formula is C11H26N2. The molecule has 0 aromatic carbocycles. The smallest absolute Gasteiger partial charge is 0.0130 e. The molecule has 2 nitrogen and oxygen atoms in total. The van der Waals surface area contributed by atoms with Gasteiger partial charge in [-0.25, -0.2) is 0 Å². The van der Waals surface area contributed by atoms with E-state index in [0.717, 1.165) is 0 Å². The van der Waals surface area contributed by atoms with Crippen LogP contribution in [-0.4, -0.2) is 25.2 Å². The third-order valence-electron chi connectivity index (χ3n) is 2.28. The van der Waals surface area contributed by atoms with Crippen molar-refractivity contribution in [1.82, 2.24) is 10.6 Å². The molecule has 0 aliphatic carbocycles. The van der Waals surface area contributed by atoms with E-state index in [9.17, 15) is 0 Å². The van der Waals surface area contributed by atoms with E-state index in [0.29, 0.717) is 11.1 Å². The third-order valence-corrected chi connectivity index (χ3v) is 2.28. The zero-order valence-electron chi connectivity index (χ0n) is 10.1. The molecule has 1 rings (SSSR count). The molecule has 0 radical (unpaired) electrons. The van der Waals surface area contributed by atoms with Gasteiger partial charge in [-0.3, -0.25) is 0 Å². The van der Waals surface area contributed by atoms with Crippen molar-refractivity contribution in [2.24, 2.45) is 0 Å². The molecule has 1 heterocycles. The van der Waals surface area contributed by atoms with Gasteiger partial charge in [0, 0.05) is 11.1 Å². The lowest BCUT2D eigenvalue weighted by atomic mass is 9.83. The topological polar surface area (TPSA) is 24.1 Å². The van der Waals surface area contributed by atoms with Crippen LogP contribution in [0.3, 0.4) is 0 Å². The van der Waals surface area contributed by atoms with Crippen LogP contribution < -0.4 is 10.6 Å². The molecule has 1 saturated heterocycles. The molecule has 0 bridgehead atoms. The molecule has 0 atom stereocenters. The SMILES string of the molecule is CC1(C)CCCC(C)(C)N1.CNC. The summed E-state index contributed by atoms with van der Waals surface area (Å²) in [5.41, 5.74) is 0.726. The summed E-state index contributed by atoms with van der Waals surface area (Å²) in [7, 11) is 3.75. The van der Waals surface area contributed by atoms with Crippen molar-refractivity contribution in [2.45, 2.75) is 58.0 Å². The first kappa shape index (κ1) is 12.9. The lowest BCUT2D eigenvalue weighted by Crippen LogP contribution is -2.55. The Morgan fingerprint density at radius 3 is 1.38 bits per heavy atom. The Morgan fingerprint density at radius 2 is 1.23 bits per heavy atom. The normalized spacial score (nSPS) is 24.5. The maximum Gasteiger partial charge on any atom is 0.0130 e. The minimum atomic E-state index is 0.363. The van der Waals surface area contributed by atoms with E-state index in [4.69, 9.17) is 0 Å². The largest absolute Gasteiger partial charge is 0.323 e. The monoisotopic (exact) mass is 186 g/mol. The lowest BCUT2D eigenvalue weighted by molar-refractivity contribution is 0.183. The van der Waals surface area contributed by atoms with Crippen molar-refractivity contribution in [2.75, 3.05) is 14.1 Å². The summed E-state index contributed by atoms with van der Waals surface area (Å²) in [5.74, 6) is 0. The first-order valence-electron chi connectivity index (χ1n) is 5.21. The van der Waals surface area contributed by atoms with Crippen LogP contribution in [-0.2, 0) is 0 Å². The molecule has 1 fully saturated rings. The van der Waals surface area contributed by atoms with E-state index in [2.05, 4.69) is 38.3 Å². The standard InChI is InChI=1S/C9H19N.C2H7N/c1-8(2)6-5-7-9(3,4)10-8;1-3-2/h10H,5-7H2,1-4H3;3H,1-2H3. The van der Waals surface area contributed by atoms with Crippen LogP contribution in [0.2, 0.25) is 0 Å². The summed E-state index contributed by atoms with van der Waals surface area (Å²) in [6, 6.07) is 0. The van der Waals surface area contributed by atoms with Gasteiger partial charge in [0.05, 0.1) is 0 Å². The van der Waals surface area contributed by atoms with E-state index in [-0.39, 0.29) is 0 Å². The highest BCUT2D eigenvalue weighted by Crippen LogP contribution is 2.27. The summed E-state index contributed by atoms with van der Waals surface area (Å²) in [4.78, 5) is 0. The predicted octanol–water partition coefficient (Wildman–Crippen LogP) is 2.15. The van der Waals surface area contributed by atoms with Crippen molar-refractivity contribution < 1.29 is 0 Å². The Hall–Kier alpha value is -0.0800. The van der Waals surface area contributed by atoms with Crippen molar-refractivity contribution in [3.63, 3.8) is 0 Å². The minimum Gasteiger partial charge on any atom is -0.323 e. The maximum atomic E-state index is 3.63. The average molecular weight is 186 g/mol. The lowest BCUT2D eigenvalue weighted by Gasteiger charge is -2.42. The van der Waals surface area contributed by atoms with Gasteiger partial charge in [0.2, 0.25) is 0 Å². The summed E-state index contributed by atoms with van der Waals surface area (Å²) in [6.45, 7) is 9.14. The number of hydrogen-bond acceptors (Lipinski definition) is 2. The highest BCUT2D eigenvalue weighted by atomic mass is 15.0. The van der Waals surface area contributed by atoms with Gasteiger partial charge in [-0.05, 0) is 61.1 Å². The molecule has 80 valence electrons. The first-order chi connectivity index (χ1) is 5.83. The van der Waals surface area contributed by atoms with E-state index in [1.54, 1.807) is 0 Å². The maximum absolute atomic E-state index is 3.63. The molecule has 0 unspecified atom stereocenters.